The average Bonchev–Trinajstić information content (AvgIpc) is 2.75. The zero-order valence-corrected chi connectivity index (χ0v) is 11.9. The van der Waals surface area contributed by atoms with Crippen LogP contribution < -0.4 is 10.6 Å². The molecule has 0 bridgehead atoms. The van der Waals surface area contributed by atoms with E-state index < -0.39 is 0 Å². The third kappa shape index (κ3) is 3.38. The minimum atomic E-state index is 0.695. The van der Waals surface area contributed by atoms with Crippen molar-refractivity contribution in [3.05, 3.63) is 53.0 Å². The number of nitrogens with two attached hydrogens (primary N) is 1. The molecule has 0 saturated carbocycles. The maximum Gasteiger partial charge on any atom is 0.123 e. The van der Waals surface area contributed by atoms with Crippen LogP contribution in [0.3, 0.4) is 0 Å². The Bertz CT molecular complexity index is 545. The molecule has 1 aromatic carbocycles. The SMILES string of the molecule is Cc1ccc(CN(C)c2ccc(CCN)cc2C)o1. The van der Waals surface area contributed by atoms with Crippen LogP contribution in [0.15, 0.2) is 34.7 Å². The van der Waals surface area contributed by atoms with Crippen LogP contribution in [0.2, 0.25) is 0 Å². The number of benzene rings is 1. The number of furan rings is 1. The largest absolute Gasteiger partial charge is 0.464 e. The van der Waals surface area contributed by atoms with E-state index in [4.69, 9.17) is 10.2 Å². The Kier molecular flexibility index (Phi) is 4.27. The quantitative estimate of drug-likeness (QED) is 0.896. The van der Waals surface area contributed by atoms with E-state index in [0.29, 0.717) is 6.54 Å². The molecule has 0 saturated heterocycles. The first-order valence-corrected chi connectivity index (χ1v) is 6.66. The van der Waals surface area contributed by atoms with Crippen LogP contribution in [-0.4, -0.2) is 13.6 Å². The van der Waals surface area contributed by atoms with E-state index in [2.05, 4.69) is 37.1 Å². The molecule has 2 rings (SSSR count). The fourth-order valence-electron chi connectivity index (χ4n) is 2.36. The fourth-order valence-corrected chi connectivity index (χ4v) is 2.36. The molecule has 0 aliphatic carbocycles. The van der Waals surface area contributed by atoms with Gasteiger partial charge in [-0.15, -0.1) is 0 Å². The third-order valence-corrected chi connectivity index (χ3v) is 3.29. The Morgan fingerprint density at radius 3 is 2.53 bits per heavy atom. The summed E-state index contributed by atoms with van der Waals surface area (Å²) in [5, 5.41) is 0. The number of nitrogens with zero attached hydrogens (tertiary/aromatic N) is 1. The van der Waals surface area contributed by atoms with Crippen LogP contribution in [0.25, 0.3) is 0 Å². The molecule has 0 atom stereocenters. The molecule has 1 heterocycles. The van der Waals surface area contributed by atoms with Gasteiger partial charge in [-0.2, -0.15) is 0 Å². The molecule has 3 nitrogen and oxygen atoms in total. The highest BCUT2D eigenvalue weighted by Gasteiger charge is 2.08. The van der Waals surface area contributed by atoms with Gasteiger partial charge in [-0.25, -0.2) is 0 Å². The van der Waals surface area contributed by atoms with E-state index in [1.165, 1.54) is 16.8 Å². The first-order chi connectivity index (χ1) is 9.10. The van der Waals surface area contributed by atoms with Crippen LogP contribution in [0.5, 0.6) is 0 Å². The maximum absolute atomic E-state index is 5.62. The monoisotopic (exact) mass is 258 g/mol. The number of rotatable bonds is 5. The number of aryl methyl sites for hydroxylation is 2. The zero-order valence-electron chi connectivity index (χ0n) is 11.9. The molecule has 0 aliphatic heterocycles. The lowest BCUT2D eigenvalue weighted by atomic mass is 10.1. The van der Waals surface area contributed by atoms with Gasteiger partial charge in [0.1, 0.15) is 11.5 Å². The molecule has 19 heavy (non-hydrogen) atoms. The highest BCUT2D eigenvalue weighted by molar-refractivity contribution is 5.54. The van der Waals surface area contributed by atoms with Crippen molar-refractivity contribution in [1.29, 1.82) is 0 Å². The minimum absolute atomic E-state index is 0.695. The van der Waals surface area contributed by atoms with Gasteiger partial charge in [0.2, 0.25) is 0 Å². The Morgan fingerprint density at radius 2 is 1.95 bits per heavy atom. The Morgan fingerprint density at radius 1 is 1.16 bits per heavy atom. The van der Waals surface area contributed by atoms with Crippen LogP contribution in [0, 0.1) is 13.8 Å². The van der Waals surface area contributed by atoms with Gasteiger partial charge in [0, 0.05) is 12.7 Å². The standard InChI is InChI=1S/C16H22N2O/c1-12-10-14(8-9-17)5-7-16(12)18(3)11-15-6-4-13(2)19-15/h4-7,10H,8-9,11,17H2,1-3H3. The number of hydrogen-bond acceptors (Lipinski definition) is 3. The van der Waals surface area contributed by atoms with Crippen LogP contribution >= 0.6 is 0 Å². The maximum atomic E-state index is 5.62. The molecule has 102 valence electrons. The molecular formula is C16H22N2O. The second kappa shape index (κ2) is 5.93. The minimum Gasteiger partial charge on any atom is -0.464 e. The Balaban J connectivity index is 2.12. The second-order valence-electron chi connectivity index (χ2n) is 5.03. The van der Waals surface area contributed by atoms with Gasteiger partial charge >= 0.3 is 0 Å². The molecule has 0 amide bonds. The summed E-state index contributed by atoms with van der Waals surface area (Å²) in [6.45, 7) is 5.58. The first kappa shape index (κ1) is 13.7. The Hall–Kier alpha value is -1.74. The van der Waals surface area contributed by atoms with Crippen LogP contribution in [-0.2, 0) is 13.0 Å². The molecule has 2 aromatic rings. The molecule has 2 N–H and O–H groups in total. The van der Waals surface area contributed by atoms with E-state index in [1.807, 2.05) is 19.1 Å². The predicted molar refractivity (Wildman–Crippen MR) is 79.5 cm³/mol. The van der Waals surface area contributed by atoms with Gasteiger partial charge in [0.15, 0.2) is 0 Å². The molecular weight excluding hydrogens is 236 g/mol. The summed E-state index contributed by atoms with van der Waals surface area (Å²) in [4.78, 5) is 2.21. The molecule has 0 aliphatic rings. The zero-order chi connectivity index (χ0) is 13.8. The summed E-state index contributed by atoms with van der Waals surface area (Å²) in [7, 11) is 2.09. The van der Waals surface area contributed by atoms with E-state index in [9.17, 15) is 0 Å². The van der Waals surface area contributed by atoms with Crippen molar-refractivity contribution >= 4 is 5.69 Å². The summed E-state index contributed by atoms with van der Waals surface area (Å²) < 4.78 is 5.62. The first-order valence-electron chi connectivity index (χ1n) is 6.66. The van der Waals surface area contributed by atoms with Crippen LogP contribution in [0.4, 0.5) is 5.69 Å². The average molecular weight is 258 g/mol. The summed E-state index contributed by atoms with van der Waals surface area (Å²) in [6, 6.07) is 10.6. The summed E-state index contributed by atoms with van der Waals surface area (Å²) in [5.74, 6) is 1.95. The predicted octanol–water partition coefficient (Wildman–Crippen LogP) is 3.03. The summed E-state index contributed by atoms with van der Waals surface area (Å²) >= 11 is 0. The van der Waals surface area contributed by atoms with Crippen molar-refractivity contribution in [1.82, 2.24) is 0 Å². The van der Waals surface area contributed by atoms with Gasteiger partial charge in [-0.3, -0.25) is 0 Å². The smallest absolute Gasteiger partial charge is 0.123 e. The van der Waals surface area contributed by atoms with Gasteiger partial charge in [-0.05, 0) is 56.1 Å². The molecule has 1 aromatic heterocycles. The van der Waals surface area contributed by atoms with Crippen molar-refractivity contribution in [2.45, 2.75) is 26.8 Å². The molecule has 3 heteroatoms. The molecule has 0 radical (unpaired) electrons. The van der Waals surface area contributed by atoms with E-state index in [0.717, 1.165) is 24.5 Å². The fraction of sp³-hybridized carbons (Fsp3) is 0.375. The third-order valence-electron chi connectivity index (χ3n) is 3.29. The van der Waals surface area contributed by atoms with Crippen molar-refractivity contribution in [3.63, 3.8) is 0 Å². The van der Waals surface area contributed by atoms with Gasteiger partial charge < -0.3 is 15.1 Å². The van der Waals surface area contributed by atoms with Crippen LogP contribution in [0.1, 0.15) is 22.6 Å². The van der Waals surface area contributed by atoms with Crippen molar-refractivity contribution < 1.29 is 4.42 Å². The summed E-state index contributed by atoms with van der Waals surface area (Å²) in [5.41, 5.74) is 9.39. The highest BCUT2D eigenvalue weighted by Crippen LogP contribution is 2.22. The molecule has 0 unspecified atom stereocenters. The molecule has 0 spiro atoms. The van der Waals surface area contributed by atoms with Gasteiger partial charge in [-0.1, -0.05) is 12.1 Å². The number of hydrogen-bond donors (Lipinski definition) is 1. The molecule has 0 fully saturated rings. The van der Waals surface area contributed by atoms with Crippen molar-refractivity contribution in [2.75, 3.05) is 18.5 Å². The van der Waals surface area contributed by atoms with Crippen molar-refractivity contribution in [3.8, 4) is 0 Å². The van der Waals surface area contributed by atoms with E-state index in [-0.39, 0.29) is 0 Å². The van der Waals surface area contributed by atoms with E-state index in [1.54, 1.807) is 0 Å². The Labute approximate surface area is 115 Å². The topological polar surface area (TPSA) is 42.4 Å². The van der Waals surface area contributed by atoms with E-state index >= 15 is 0 Å². The highest BCUT2D eigenvalue weighted by atomic mass is 16.3. The lowest BCUT2D eigenvalue weighted by Crippen LogP contribution is -2.17. The van der Waals surface area contributed by atoms with Gasteiger partial charge in [0.05, 0.1) is 6.54 Å². The lowest BCUT2D eigenvalue weighted by Gasteiger charge is -2.21. The lowest BCUT2D eigenvalue weighted by molar-refractivity contribution is 0.481. The number of anilines is 1. The second-order valence-corrected chi connectivity index (χ2v) is 5.03. The van der Waals surface area contributed by atoms with Gasteiger partial charge in [0.25, 0.3) is 0 Å². The normalized spacial score (nSPS) is 10.7. The summed E-state index contributed by atoms with van der Waals surface area (Å²) in [6.07, 6.45) is 0.933. The van der Waals surface area contributed by atoms with Crippen molar-refractivity contribution in [2.24, 2.45) is 5.73 Å².